The van der Waals surface area contributed by atoms with E-state index in [-0.39, 0.29) is 0 Å². The molecule has 3 aromatic rings. The number of nitrogens with one attached hydrogen (secondary N) is 2. The molecule has 4 nitrogen and oxygen atoms in total. The van der Waals surface area contributed by atoms with E-state index < -0.39 is 0 Å². The lowest BCUT2D eigenvalue weighted by atomic mass is 9.84. The quantitative estimate of drug-likeness (QED) is 0.704. The van der Waals surface area contributed by atoms with Gasteiger partial charge in [0.1, 0.15) is 0 Å². The van der Waals surface area contributed by atoms with Crippen LogP contribution in [0.2, 0.25) is 0 Å². The molecule has 0 radical (unpaired) electrons. The first kappa shape index (κ1) is 15.0. The molecule has 0 bridgehead atoms. The highest BCUT2D eigenvalue weighted by Crippen LogP contribution is 2.40. The van der Waals surface area contributed by atoms with Gasteiger partial charge in [-0.3, -0.25) is 10.00 Å². The molecule has 3 aliphatic carbocycles. The van der Waals surface area contributed by atoms with Crippen LogP contribution in [0.25, 0.3) is 22.2 Å². The molecule has 134 valence electrons. The van der Waals surface area contributed by atoms with Gasteiger partial charge in [0.25, 0.3) is 0 Å². The summed E-state index contributed by atoms with van der Waals surface area (Å²) in [5.74, 6) is 1.92. The number of rotatable bonds is 6. The maximum absolute atomic E-state index is 4.19. The van der Waals surface area contributed by atoms with Gasteiger partial charge in [0.2, 0.25) is 0 Å². The lowest BCUT2D eigenvalue weighted by molar-refractivity contribution is 0.176. The Labute approximate surface area is 154 Å². The topological polar surface area (TPSA) is 47.7 Å². The molecule has 26 heavy (non-hydrogen) atoms. The highest BCUT2D eigenvalue weighted by molar-refractivity contribution is 5.93. The molecule has 2 heterocycles. The second-order valence-corrected chi connectivity index (χ2v) is 8.70. The van der Waals surface area contributed by atoms with Gasteiger partial charge in [0.05, 0.1) is 5.69 Å². The minimum Gasteiger partial charge on any atom is -0.361 e. The minimum absolute atomic E-state index is 0.645. The zero-order valence-electron chi connectivity index (χ0n) is 15.2. The molecule has 0 saturated heterocycles. The van der Waals surface area contributed by atoms with Crippen molar-refractivity contribution in [3.63, 3.8) is 0 Å². The van der Waals surface area contributed by atoms with Gasteiger partial charge < -0.3 is 4.98 Å². The van der Waals surface area contributed by atoms with Gasteiger partial charge in [-0.2, -0.15) is 5.10 Å². The third-order valence-corrected chi connectivity index (χ3v) is 6.62. The third-order valence-electron chi connectivity index (χ3n) is 6.62. The second kappa shape index (κ2) is 5.71. The number of aromatic amines is 2. The Bertz CT molecular complexity index is 917. The van der Waals surface area contributed by atoms with E-state index >= 15 is 0 Å². The Morgan fingerprint density at radius 2 is 1.81 bits per heavy atom. The molecule has 2 aromatic heterocycles. The van der Waals surface area contributed by atoms with Crippen molar-refractivity contribution in [2.24, 2.45) is 11.8 Å². The van der Waals surface area contributed by atoms with E-state index in [2.05, 4.69) is 44.5 Å². The highest BCUT2D eigenvalue weighted by atomic mass is 15.2. The van der Waals surface area contributed by atoms with Crippen molar-refractivity contribution in [1.29, 1.82) is 0 Å². The van der Waals surface area contributed by atoms with Gasteiger partial charge in [0.15, 0.2) is 0 Å². The number of aromatic nitrogens is 3. The van der Waals surface area contributed by atoms with Crippen LogP contribution >= 0.6 is 0 Å². The smallest absolute Gasteiger partial charge is 0.0653 e. The van der Waals surface area contributed by atoms with Crippen molar-refractivity contribution < 1.29 is 0 Å². The standard InChI is InChI=1S/C22H26N4/c1-2-14(1)12-26(13-15-3-4-15)17-9-16-11-23-21-6-5-18(19(10-17)22(16)21)20-7-8-24-25-20/h5-8,11,14-15,17,23H,1-4,9-10,12-13H2,(H,24,25). The van der Waals surface area contributed by atoms with Crippen LogP contribution in [0.5, 0.6) is 0 Å². The molecule has 1 unspecified atom stereocenters. The number of nitrogens with zero attached hydrogens (tertiary/aromatic N) is 2. The number of hydrogen-bond acceptors (Lipinski definition) is 2. The first-order valence-corrected chi connectivity index (χ1v) is 10.2. The van der Waals surface area contributed by atoms with Gasteiger partial charge in [-0.25, -0.2) is 0 Å². The molecule has 4 heteroatoms. The van der Waals surface area contributed by atoms with Crippen LogP contribution in [0.15, 0.2) is 30.6 Å². The van der Waals surface area contributed by atoms with Crippen molar-refractivity contribution in [2.45, 2.75) is 44.6 Å². The summed E-state index contributed by atoms with van der Waals surface area (Å²) in [6.45, 7) is 2.63. The van der Waals surface area contributed by atoms with Gasteiger partial charge >= 0.3 is 0 Å². The van der Waals surface area contributed by atoms with Crippen LogP contribution in [0.4, 0.5) is 0 Å². The van der Waals surface area contributed by atoms with Gasteiger partial charge in [0, 0.05) is 48.0 Å². The lowest BCUT2D eigenvalue weighted by Gasteiger charge is -2.35. The van der Waals surface area contributed by atoms with E-state index in [0.717, 1.165) is 24.0 Å². The summed E-state index contributed by atoms with van der Waals surface area (Å²) in [6, 6.07) is 7.23. The molecular formula is C22H26N4. The van der Waals surface area contributed by atoms with E-state index in [4.69, 9.17) is 0 Å². The van der Waals surface area contributed by atoms with Gasteiger partial charge in [-0.05, 0) is 73.6 Å². The Morgan fingerprint density at radius 1 is 1.00 bits per heavy atom. The fourth-order valence-corrected chi connectivity index (χ4v) is 4.86. The van der Waals surface area contributed by atoms with E-state index in [9.17, 15) is 0 Å². The first-order chi connectivity index (χ1) is 12.8. The Balaban J connectivity index is 1.40. The first-order valence-electron chi connectivity index (χ1n) is 10.2. The molecule has 1 atom stereocenters. The summed E-state index contributed by atoms with van der Waals surface area (Å²) in [5.41, 5.74) is 6.77. The fourth-order valence-electron chi connectivity index (χ4n) is 4.86. The molecule has 0 aliphatic heterocycles. The van der Waals surface area contributed by atoms with Crippen LogP contribution in [0.3, 0.4) is 0 Å². The predicted molar refractivity (Wildman–Crippen MR) is 104 cm³/mol. The van der Waals surface area contributed by atoms with Crippen molar-refractivity contribution >= 4 is 10.9 Å². The van der Waals surface area contributed by atoms with Crippen LogP contribution in [-0.4, -0.2) is 39.2 Å². The summed E-state index contributed by atoms with van der Waals surface area (Å²) in [6.07, 6.45) is 12.2. The zero-order valence-corrected chi connectivity index (χ0v) is 15.2. The normalized spacial score (nSPS) is 22.4. The van der Waals surface area contributed by atoms with Crippen molar-refractivity contribution in [1.82, 2.24) is 20.1 Å². The third kappa shape index (κ3) is 2.59. The molecule has 6 rings (SSSR count). The summed E-state index contributed by atoms with van der Waals surface area (Å²) < 4.78 is 0. The molecule has 0 amide bonds. The number of H-pyrrole nitrogens is 2. The van der Waals surface area contributed by atoms with Crippen molar-refractivity contribution in [3.8, 4) is 11.3 Å². The average Bonchev–Trinajstić information content (AvgIpc) is 3.56. The molecule has 0 spiro atoms. The SMILES string of the molecule is c1cc(-c2ccc3[nH]cc4c3c2CC(N(CC2CC2)CC2CC2)C4)[nH]n1. The zero-order chi connectivity index (χ0) is 17.1. The van der Waals surface area contributed by atoms with Crippen LogP contribution in [0.1, 0.15) is 36.8 Å². The van der Waals surface area contributed by atoms with Crippen LogP contribution in [0, 0.1) is 11.8 Å². The largest absolute Gasteiger partial charge is 0.361 e. The molecule has 2 saturated carbocycles. The number of benzene rings is 1. The minimum atomic E-state index is 0.645. The maximum Gasteiger partial charge on any atom is 0.0653 e. The van der Waals surface area contributed by atoms with Gasteiger partial charge in [-0.1, -0.05) is 6.07 Å². The molecule has 1 aromatic carbocycles. The van der Waals surface area contributed by atoms with E-state index in [1.54, 1.807) is 0 Å². The maximum atomic E-state index is 4.19. The summed E-state index contributed by atoms with van der Waals surface area (Å²) in [5, 5.41) is 8.84. The number of hydrogen-bond donors (Lipinski definition) is 2. The van der Waals surface area contributed by atoms with Crippen molar-refractivity contribution in [3.05, 3.63) is 41.7 Å². The Kier molecular flexibility index (Phi) is 3.30. The summed E-state index contributed by atoms with van der Waals surface area (Å²) in [4.78, 5) is 6.36. The van der Waals surface area contributed by atoms with Crippen LogP contribution < -0.4 is 0 Å². The van der Waals surface area contributed by atoms with E-state index in [1.807, 2.05) is 6.20 Å². The summed E-state index contributed by atoms with van der Waals surface area (Å²) >= 11 is 0. The molecule has 2 N–H and O–H groups in total. The van der Waals surface area contributed by atoms with Gasteiger partial charge in [-0.15, -0.1) is 0 Å². The van der Waals surface area contributed by atoms with E-state index in [1.165, 1.54) is 72.8 Å². The van der Waals surface area contributed by atoms with E-state index in [0.29, 0.717) is 6.04 Å². The van der Waals surface area contributed by atoms with Crippen LogP contribution in [-0.2, 0) is 12.8 Å². The highest BCUT2D eigenvalue weighted by Gasteiger charge is 2.35. The second-order valence-electron chi connectivity index (χ2n) is 8.70. The predicted octanol–water partition coefficient (Wildman–Crippen LogP) is 4.15. The summed E-state index contributed by atoms with van der Waals surface area (Å²) in [7, 11) is 0. The fraction of sp³-hybridized carbons (Fsp3) is 0.500. The Hall–Kier alpha value is -2.07. The molecular weight excluding hydrogens is 320 g/mol. The van der Waals surface area contributed by atoms with Crippen molar-refractivity contribution in [2.75, 3.05) is 13.1 Å². The molecule has 3 aliphatic rings. The monoisotopic (exact) mass is 346 g/mol. The average molecular weight is 346 g/mol. The lowest BCUT2D eigenvalue weighted by Crippen LogP contribution is -2.42. The molecule has 2 fully saturated rings. The Morgan fingerprint density at radius 3 is 2.50 bits per heavy atom.